The van der Waals surface area contributed by atoms with E-state index in [1.807, 2.05) is 0 Å². The Morgan fingerprint density at radius 3 is 1.71 bits per heavy atom. The average molecular weight is 308 g/mol. The van der Waals surface area contributed by atoms with Gasteiger partial charge in [0.1, 0.15) is 12.1 Å². The largest absolute Gasteiger partial charge is 0.481 e. The molecule has 122 valence electrons. The van der Waals surface area contributed by atoms with Gasteiger partial charge in [-0.1, -0.05) is 0 Å². The molecule has 0 rings (SSSR count). The number of hydrogen-bond acceptors (Lipinski definition) is 6. The Bertz CT molecular complexity index is 374. The van der Waals surface area contributed by atoms with Gasteiger partial charge in [0, 0.05) is 6.54 Å². The van der Waals surface area contributed by atoms with Crippen LogP contribution in [0.3, 0.4) is 0 Å². The van der Waals surface area contributed by atoms with Crippen LogP contribution in [0.25, 0.3) is 0 Å². The molecule has 10 N–H and O–H groups in total. The Labute approximate surface area is 120 Å². The molecule has 11 heteroatoms. The molecule has 0 saturated heterocycles. The highest BCUT2D eigenvalue weighted by atomic mass is 16.4. The van der Waals surface area contributed by atoms with Gasteiger partial charge in [-0.2, -0.15) is 0 Å². The standard InChI is InChI=1S/C6H13N3O3.C4H7NO4/c7-4(5(10)11)2-1-3-9-6(8)12;5-2(4(8)9)1-3(6)7/h4H,1-3,7H2,(H,10,11)(H3,8,9,12);2H,1,5H2,(H,6,7)(H,8,9). The Hall–Kier alpha value is -2.40. The first-order valence-electron chi connectivity index (χ1n) is 5.79. The van der Waals surface area contributed by atoms with Gasteiger partial charge in [-0.3, -0.25) is 14.4 Å². The third-order valence-corrected chi connectivity index (χ3v) is 2.02. The lowest BCUT2D eigenvalue weighted by Gasteiger charge is -2.05. The lowest BCUT2D eigenvalue weighted by molar-refractivity contribution is -0.144. The lowest BCUT2D eigenvalue weighted by Crippen LogP contribution is -2.33. The quantitative estimate of drug-likeness (QED) is 0.240. The zero-order valence-electron chi connectivity index (χ0n) is 11.2. The molecule has 0 fully saturated rings. The number of nitrogens with two attached hydrogens (primary N) is 3. The molecule has 0 aliphatic rings. The molecule has 0 radical (unpaired) electrons. The summed E-state index contributed by atoms with van der Waals surface area (Å²) in [4.78, 5) is 39.9. The number of carboxylic acids is 3. The van der Waals surface area contributed by atoms with Crippen molar-refractivity contribution in [3.05, 3.63) is 0 Å². The van der Waals surface area contributed by atoms with Crippen LogP contribution in [0.15, 0.2) is 0 Å². The number of rotatable bonds is 8. The zero-order valence-corrected chi connectivity index (χ0v) is 11.2. The van der Waals surface area contributed by atoms with Crippen molar-refractivity contribution in [2.75, 3.05) is 6.54 Å². The van der Waals surface area contributed by atoms with Gasteiger partial charge in [0.25, 0.3) is 0 Å². The number of carbonyl (C=O) groups excluding carboxylic acids is 1. The smallest absolute Gasteiger partial charge is 0.321 e. The lowest BCUT2D eigenvalue weighted by atomic mass is 10.2. The normalized spacial score (nSPS) is 12.3. The van der Waals surface area contributed by atoms with Crippen molar-refractivity contribution in [3.63, 3.8) is 0 Å². The van der Waals surface area contributed by atoms with E-state index >= 15 is 0 Å². The van der Waals surface area contributed by atoms with E-state index in [0.29, 0.717) is 19.4 Å². The number of hydrogen-bond donors (Lipinski definition) is 7. The maximum Gasteiger partial charge on any atom is 0.321 e. The molecular formula is C10H20N4O7. The van der Waals surface area contributed by atoms with Crippen molar-refractivity contribution < 1.29 is 34.5 Å². The van der Waals surface area contributed by atoms with E-state index in [0.717, 1.165) is 0 Å². The number of carboxylic acid groups (broad SMARTS) is 3. The molecule has 0 aromatic heterocycles. The van der Waals surface area contributed by atoms with Crippen LogP contribution >= 0.6 is 0 Å². The van der Waals surface area contributed by atoms with Gasteiger partial charge < -0.3 is 37.8 Å². The Kier molecular flexibility index (Phi) is 11.4. The second-order valence-electron chi connectivity index (χ2n) is 3.92. The van der Waals surface area contributed by atoms with Crippen molar-refractivity contribution in [3.8, 4) is 0 Å². The minimum Gasteiger partial charge on any atom is -0.481 e. The van der Waals surface area contributed by atoms with Crippen LogP contribution in [0.5, 0.6) is 0 Å². The van der Waals surface area contributed by atoms with Crippen LogP contribution in [-0.2, 0) is 14.4 Å². The van der Waals surface area contributed by atoms with E-state index in [9.17, 15) is 19.2 Å². The predicted molar refractivity (Wildman–Crippen MR) is 70.3 cm³/mol. The molecule has 0 spiro atoms. The van der Waals surface area contributed by atoms with Crippen LogP contribution in [0.4, 0.5) is 4.79 Å². The maximum absolute atomic E-state index is 10.2. The van der Waals surface area contributed by atoms with E-state index in [4.69, 9.17) is 32.5 Å². The van der Waals surface area contributed by atoms with E-state index < -0.39 is 42.4 Å². The molecular weight excluding hydrogens is 288 g/mol. The maximum atomic E-state index is 10.2. The van der Waals surface area contributed by atoms with Crippen molar-refractivity contribution >= 4 is 23.9 Å². The van der Waals surface area contributed by atoms with Crippen LogP contribution < -0.4 is 22.5 Å². The molecule has 2 unspecified atom stereocenters. The number of primary amides is 1. The molecule has 0 saturated carbocycles. The number of urea groups is 1. The van der Waals surface area contributed by atoms with Crippen molar-refractivity contribution in [1.29, 1.82) is 0 Å². The van der Waals surface area contributed by atoms with Crippen LogP contribution in [0.1, 0.15) is 19.3 Å². The number of carbonyl (C=O) groups is 4. The van der Waals surface area contributed by atoms with E-state index in [1.54, 1.807) is 0 Å². The summed E-state index contributed by atoms with van der Waals surface area (Å²) in [5.41, 5.74) is 14.8. The van der Waals surface area contributed by atoms with Crippen LogP contribution in [0, 0.1) is 0 Å². The summed E-state index contributed by atoms with van der Waals surface area (Å²) < 4.78 is 0. The second-order valence-corrected chi connectivity index (χ2v) is 3.92. The van der Waals surface area contributed by atoms with Gasteiger partial charge >= 0.3 is 23.9 Å². The Morgan fingerprint density at radius 2 is 1.43 bits per heavy atom. The van der Waals surface area contributed by atoms with Crippen LogP contribution in [-0.4, -0.2) is 57.9 Å². The Morgan fingerprint density at radius 1 is 0.952 bits per heavy atom. The third-order valence-electron chi connectivity index (χ3n) is 2.02. The van der Waals surface area contributed by atoms with E-state index in [2.05, 4.69) is 5.32 Å². The van der Waals surface area contributed by atoms with Gasteiger partial charge in [0.2, 0.25) is 0 Å². The van der Waals surface area contributed by atoms with E-state index in [1.165, 1.54) is 0 Å². The summed E-state index contributed by atoms with van der Waals surface area (Å²) >= 11 is 0. The Balaban J connectivity index is 0. The molecule has 0 aromatic rings. The zero-order chi connectivity index (χ0) is 17.0. The van der Waals surface area contributed by atoms with Crippen molar-refractivity contribution in [2.45, 2.75) is 31.3 Å². The minimum atomic E-state index is -1.29. The SMILES string of the molecule is NC(=O)NCCCC(N)C(=O)O.NC(CC(=O)O)C(=O)O. The number of aliphatic carboxylic acids is 3. The summed E-state index contributed by atoms with van der Waals surface area (Å²) in [5, 5.41) is 26.7. The third kappa shape index (κ3) is 15.5. The molecule has 0 heterocycles. The highest BCUT2D eigenvalue weighted by Crippen LogP contribution is 1.92. The summed E-state index contributed by atoms with van der Waals surface area (Å²) in [5.74, 6) is -3.53. The monoisotopic (exact) mass is 308 g/mol. The summed E-state index contributed by atoms with van der Waals surface area (Å²) in [6, 6.07) is -2.76. The van der Waals surface area contributed by atoms with Gasteiger partial charge in [-0.05, 0) is 12.8 Å². The van der Waals surface area contributed by atoms with Gasteiger partial charge in [-0.25, -0.2) is 4.79 Å². The van der Waals surface area contributed by atoms with Gasteiger partial charge in [0.05, 0.1) is 6.42 Å². The van der Waals surface area contributed by atoms with Crippen LogP contribution in [0.2, 0.25) is 0 Å². The van der Waals surface area contributed by atoms with Crippen molar-refractivity contribution in [1.82, 2.24) is 5.32 Å². The fourth-order valence-electron chi connectivity index (χ4n) is 0.932. The summed E-state index contributed by atoms with van der Waals surface area (Å²) in [6.07, 6.45) is 0.307. The molecule has 21 heavy (non-hydrogen) atoms. The average Bonchev–Trinajstić information content (AvgIpc) is 2.33. The molecule has 0 aliphatic carbocycles. The number of amides is 2. The molecule has 0 bridgehead atoms. The first kappa shape index (κ1) is 20.9. The number of nitrogens with one attached hydrogen (secondary N) is 1. The van der Waals surface area contributed by atoms with E-state index in [-0.39, 0.29) is 0 Å². The second kappa shape index (κ2) is 11.4. The molecule has 2 atom stereocenters. The first-order chi connectivity index (χ1) is 9.57. The van der Waals surface area contributed by atoms with Crippen molar-refractivity contribution in [2.24, 2.45) is 17.2 Å². The van der Waals surface area contributed by atoms with Gasteiger partial charge in [-0.15, -0.1) is 0 Å². The summed E-state index contributed by atoms with van der Waals surface area (Å²) in [6.45, 7) is 0.357. The topological polar surface area (TPSA) is 219 Å². The minimum absolute atomic E-state index is 0.329. The molecule has 0 aliphatic heterocycles. The highest BCUT2D eigenvalue weighted by molar-refractivity contribution is 5.80. The fourth-order valence-corrected chi connectivity index (χ4v) is 0.932. The molecule has 11 nitrogen and oxygen atoms in total. The predicted octanol–water partition coefficient (Wildman–Crippen LogP) is -2.28. The fraction of sp³-hybridized carbons (Fsp3) is 0.600. The van der Waals surface area contributed by atoms with Gasteiger partial charge in [0.15, 0.2) is 0 Å². The molecule has 2 amide bonds. The molecule has 0 aromatic carbocycles. The highest BCUT2D eigenvalue weighted by Gasteiger charge is 2.14. The first-order valence-corrected chi connectivity index (χ1v) is 5.79. The summed E-state index contributed by atoms with van der Waals surface area (Å²) in [7, 11) is 0.